The van der Waals surface area contributed by atoms with Crippen molar-refractivity contribution >= 4 is 11.8 Å². The number of benzene rings is 2. The highest BCUT2D eigenvalue weighted by atomic mass is 16.2. The molecule has 5 heteroatoms. The number of carbonyl (C=O) groups excluding carboxylic acids is 2. The van der Waals surface area contributed by atoms with Crippen LogP contribution in [0.3, 0.4) is 0 Å². The molecule has 0 atom stereocenters. The van der Waals surface area contributed by atoms with Gasteiger partial charge in [0.15, 0.2) is 0 Å². The van der Waals surface area contributed by atoms with Crippen LogP contribution in [0.25, 0.3) is 11.1 Å². The average Bonchev–Trinajstić information content (AvgIpc) is 3.06. The van der Waals surface area contributed by atoms with Gasteiger partial charge in [0, 0.05) is 31.6 Å². The third kappa shape index (κ3) is 3.86. The first-order valence-corrected chi connectivity index (χ1v) is 8.34. The molecule has 2 amide bonds. The summed E-state index contributed by atoms with van der Waals surface area (Å²) in [6, 6.07) is 16.7. The van der Waals surface area contributed by atoms with E-state index in [4.69, 9.17) is 0 Å². The lowest BCUT2D eigenvalue weighted by Gasteiger charge is -2.15. The molecule has 2 aromatic carbocycles. The molecule has 126 valence electrons. The summed E-state index contributed by atoms with van der Waals surface area (Å²) in [6.45, 7) is 1.78. The van der Waals surface area contributed by atoms with Crippen LogP contribution in [0.1, 0.15) is 28.8 Å². The molecule has 0 saturated carbocycles. The van der Waals surface area contributed by atoms with Gasteiger partial charge in [-0.15, -0.1) is 0 Å². The lowest BCUT2D eigenvalue weighted by molar-refractivity contribution is -0.127. The Morgan fingerprint density at radius 2 is 1.92 bits per heavy atom. The van der Waals surface area contributed by atoms with E-state index in [-0.39, 0.29) is 11.8 Å². The quantitative estimate of drug-likeness (QED) is 0.914. The molecule has 5 nitrogen and oxygen atoms in total. The van der Waals surface area contributed by atoms with Gasteiger partial charge in [0.05, 0.1) is 11.6 Å². The first kappa shape index (κ1) is 16.7. The monoisotopic (exact) mass is 333 g/mol. The summed E-state index contributed by atoms with van der Waals surface area (Å²) in [7, 11) is 0. The van der Waals surface area contributed by atoms with Crippen LogP contribution in [-0.4, -0.2) is 36.3 Å². The number of nitrogens with one attached hydrogen (secondary N) is 1. The second-order valence-corrected chi connectivity index (χ2v) is 5.97. The van der Waals surface area contributed by atoms with Crippen molar-refractivity contribution < 1.29 is 9.59 Å². The van der Waals surface area contributed by atoms with E-state index in [9.17, 15) is 14.9 Å². The van der Waals surface area contributed by atoms with Gasteiger partial charge in [-0.3, -0.25) is 9.59 Å². The standard InChI is InChI=1S/C20H19N3O2/c21-14-17-4-1-2-5-18(17)15-7-9-16(10-8-15)20(25)22-11-13-23-12-3-6-19(23)24/h1-2,4-5,7-10H,3,6,11-13H2,(H,22,25). The van der Waals surface area contributed by atoms with Crippen molar-refractivity contribution in [3.05, 3.63) is 59.7 Å². The van der Waals surface area contributed by atoms with Gasteiger partial charge in [0.2, 0.25) is 5.91 Å². The zero-order valence-electron chi connectivity index (χ0n) is 13.9. The molecule has 1 N–H and O–H groups in total. The smallest absolute Gasteiger partial charge is 0.251 e. The molecular weight excluding hydrogens is 314 g/mol. The first-order chi connectivity index (χ1) is 12.2. The van der Waals surface area contributed by atoms with Gasteiger partial charge < -0.3 is 10.2 Å². The molecule has 0 unspecified atom stereocenters. The highest BCUT2D eigenvalue weighted by Gasteiger charge is 2.19. The van der Waals surface area contributed by atoms with Crippen LogP contribution in [0.2, 0.25) is 0 Å². The van der Waals surface area contributed by atoms with E-state index < -0.39 is 0 Å². The predicted molar refractivity (Wildman–Crippen MR) is 94.7 cm³/mol. The second-order valence-electron chi connectivity index (χ2n) is 5.97. The zero-order chi connectivity index (χ0) is 17.6. The number of rotatable bonds is 5. The summed E-state index contributed by atoms with van der Waals surface area (Å²) in [5.41, 5.74) is 2.92. The molecule has 0 radical (unpaired) electrons. The fourth-order valence-electron chi connectivity index (χ4n) is 2.98. The Morgan fingerprint density at radius 3 is 2.60 bits per heavy atom. The molecule has 0 spiro atoms. The summed E-state index contributed by atoms with van der Waals surface area (Å²) in [6.07, 6.45) is 1.51. The minimum Gasteiger partial charge on any atom is -0.350 e. The van der Waals surface area contributed by atoms with Crippen molar-refractivity contribution in [3.8, 4) is 17.2 Å². The maximum atomic E-state index is 12.2. The topological polar surface area (TPSA) is 73.2 Å². The molecule has 2 aromatic rings. The van der Waals surface area contributed by atoms with E-state index >= 15 is 0 Å². The van der Waals surface area contributed by atoms with E-state index in [1.54, 1.807) is 23.1 Å². The van der Waals surface area contributed by atoms with Crippen molar-refractivity contribution in [2.45, 2.75) is 12.8 Å². The van der Waals surface area contributed by atoms with Gasteiger partial charge >= 0.3 is 0 Å². The predicted octanol–water partition coefficient (Wildman–Crippen LogP) is 2.58. The number of nitrogens with zero attached hydrogens (tertiary/aromatic N) is 2. The maximum Gasteiger partial charge on any atom is 0.251 e. The summed E-state index contributed by atoms with van der Waals surface area (Å²) in [4.78, 5) is 25.5. The van der Waals surface area contributed by atoms with Gasteiger partial charge in [-0.25, -0.2) is 0 Å². The van der Waals surface area contributed by atoms with Gasteiger partial charge in [-0.1, -0.05) is 30.3 Å². The Balaban J connectivity index is 1.61. The minimum absolute atomic E-state index is 0.160. The van der Waals surface area contributed by atoms with Crippen molar-refractivity contribution in [1.82, 2.24) is 10.2 Å². The van der Waals surface area contributed by atoms with Crippen LogP contribution in [0, 0.1) is 11.3 Å². The van der Waals surface area contributed by atoms with Crippen molar-refractivity contribution in [2.75, 3.05) is 19.6 Å². The summed E-state index contributed by atoms with van der Waals surface area (Å²) in [5.74, 6) is 0.00141. The van der Waals surface area contributed by atoms with E-state index in [2.05, 4.69) is 11.4 Å². The highest BCUT2D eigenvalue weighted by Crippen LogP contribution is 2.23. The SMILES string of the molecule is N#Cc1ccccc1-c1ccc(C(=O)NCCN2CCCC2=O)cc1. The average molecular weight is 333 g/mol. The molecule has 25 heavy (non-hydrogen) atoms. The lowest BCUT2D eigenvalue weighted by atomic mass is 9.99. The fraction of sp³-hybridized carbons (Fsp3) is 0.250. The molecule has 1 aliphatic heterocycles. The van der Waals surface area contributed by atoms with Crippen LogP contribution in [-0.2, 0) is 4.79 Å². The fourth-order valence-corrected chi connectivity index (χ4v) is 2.98. The number of likely N-dealkylation sites (tertiary alicyclic amines) is 1. The van der Waals surface area contributed by atoms with Crippen LogP contribution >= 0.6 is 0 Å². The highest BCUT2D eigenvalue weighted by molar-refractivity contribution is 5.94. The number of carbonyl (C=O) groups is 2. The zero-order valence-corrected chi connectivity index (χ0v) is 13.9. The molecule has 0 aromatic heterocycles. The molecular formula is C20H19N3O2. The Kier molecular flexibility index (Phi) is 5.10. The summed E-state index contributed by atoms with van der Waals surface area (Å²) >= 11 is 0. The largest absolute Gasteiger partial charge is 0.350 e. The van der Waals surface area contributed by atoms with Crippen LogP contribution in [0.4, 0.5) is 0 Å². The summed E-state index contributed by atoms with van der Waals surface area (Å²) < 4.78 is 0. The van der Waals surface area contributed by atoms with Crippen molar-refractivity contribution in [3.63, 3.8) is 0 Å². The second kappa shape index (κ2) is 7.63. The first-order valence-electron chi connectivity index (χ1n) is 8.34. The van der Waals surface area contributed by atoms with Crippen molar-refractivity contribution in [2.24, 2.45) is 0 Å². The summed E-state index contributed by atoms with van der Waals surface area (Å²) in [5, 5.41) is 12.0. The Labute approximate surface area is 146 Å². The van der Waals surface area contributed by atoms with E-state index in [1.165, 1.54) is 0 Å². The van der Waals surface area contributed by atoms with Gasteiger partial charge in [0.25, 0.3) is 5.91 Å². The molecule has 1 heterocycles. The van der Waals surface area contributed by atoms with Gasteiger partial charge in [-0.05, 0) is 35.7 Å². The number of hydrogen-bond acceptors (Lipinski definition) is 3. The van der Waals surface area contributed by atoms with Gasteiger partial charge in [0.1, 0.15) is 0 Å². The number of nitriles is 1. The van der Waals surface area contributed by atoms with Crippen molar-refractivity contribution in [1.29, 1.82) is 5.26 Å². The Bertz CT molecular complexity index is 822. The Morgan fingerprint density at radius 1 is 1.16 bits per heavy atom. The molecule has 1 fully saturated rings. The number of hydrogen-bond donors (Lipinski definition) is 1. The van der Waals surface area contributed by atoms with E-state index in [0.717, 1.165) is 24.1 Å². The number of amides is 2. The van der Waals surface area contributed by atoms with E-state index in [0.29, 0.717) is 30.6 Å². The lowest BCUT2D eigenvalue weighted by Crippen LogP contribution is -2.35. The molecule has 3 rings (SSSR count). The van der Waals surface area contributed by atoms with Crippen LogP contribution in [0.5, 0.6) is 0 Å². The Hall–Kier alpha value is -3.13. The maximum absolute atomic E-state index is 12.2. The van der Waals surface area contributed by atoms with Crippen LogP contribution < -0.4 is 5.32 Å². The normalized spacial score (nSPS) is 13.6. The third-order valence-electron chi connectivity index (χ3n) is 4.34. The minimum atomic E-state index is -0.160. The molecule has 0 aliphatic carbocycles. The third-order valence-corrected chi connectivity index (χ3v) is 4.34. The molecule has 0 bridgehead atoms. The molecule has 1 aliphatic rings. The van der Waals surface area contributed by atoms with E-state index in [1.807, 2.05) is 30.3 Å². The van der Waals surface area contributed by atoms with Crippen LogP contribution in [0.15, 0.2) is 48.5 Å². The molecule has 1 saturated heterocycles. The van der Waals surface area contributed by atoms with Gasteiger partial charge in [-0.2, -0.15) is 5.26 Å².